The van der Waals surface area contributed by atoms with Gasteiger partial charge in [0.1, 0.15) is 6.61 Å². The molecule has 0 radical (unpaired) electrons. The number of carbonyl (C=O) groups excluding carboxylic acids is 2. The van der Waals surface area contributed by atoms with Crippen molar-refractivity contribution >= 4 is 17.7 Å². The zero-order valence-electron chi connectivity index (χ0n) is 13.7. The number of rotatable bonds is 4. The summed E-state index contributed by atoms with van der Waals surface area (Å²) in [6, 6.07) is 7.45. The molecule has 2 amide bonds. The Hall–Kier alpha value is -2.48. The summed E-state index contributed by atoms with van der Waals surface area (Å²) < 4.78 is 4.92. The van der Waals surface area contributed by atoms with Crippen molar-refractivity contribution in [3.63, 3.8) is 0 Å². The molecule has 0 atom stereocenters. The second kappa shape index (κ2) is 7.87. The summed E-state index contributed by atoms with van der Waals surface area (Å²) in [6.45, 7) is 1.38. The van der Waals surface area contributed by atoms with Gasteiger partial charge in [-0.2, -0.15) is 0 Å². The van der Waals surface area contributed by atoms with Crippen molar-refractivity contribution in [2.75, 3.05) is 24.6 Å². The fourth-order valence-electron chi connectivity index (χ4n) is 3.19. The van der Waals surface area contributed by atoms with Crippen molar-refractivity contribution in [2.45, 2.75) is 32.1 Å². The first-order valence-electron chi connectivity index (χ1n) is 8.52. The lowest BCUT2D eigenvalue weighted by Gasteiger charge is -2.11. The number of ether oxygens (including phenoxy) is 1. The van der Waals surface area contributed by atoms with Crippen LogP contribution in [0.4, 0.5) is 10.5 Å². The maximum atomic E-state index is 11.8. The first-order chi connectivity index (χ1) is 11.7. The summed E-state index contributed by atoms with van der Waals surface area (Å²) >= 11 is 0. The van der Waals surface area contributed by atoms with Gasteiger partial charge >= 0.3 is 6.09 Å². The van der Waals surface area contributed by atoms with E-state index in [1.54, 1.807) is 4.90 Å². The molecular formula is C19H22N2O3. The van der Waals surface area contributed by atoms with Crippen molar-refractivity contribution in [3.8, 4) is 11.8 Å². The zero-order chi connectivity index (χ0) is 16.8. The highest BCUT2D eigenvalue weighted by Crippen LogP contribution is 2.27. The molecule has 5 heteroatoms. The fraction of sp³-hybridized carbons (Fsp3) is 0.474. The molecule has 1 heterocycles. The van der Waals surface area contributed by atoms with Crippen molar-refractivity contribution in [3.05, 3.63) is 29.8 Å². The van der Waals surface area contributed by atoms with Crippen molar-refractivity contribution in [1.29, 1.82) is 0 Å². The summed E-state index contributed by atoms with van der Waals surface area (Å²) in [5, 5.41) is 2.86. The molecule has 0 spiro atoms. The lowest BCUT2D eigenvalue weighted by atomic mass is 10.0. The Bertz CT molecular complexity index is 651. The maximum absolute atomic E-state index is 11.8. The van der Waals surface area contributed by atoms with Crippen LogP contribution in [0.2, 0.25) is 0 Å². The number of cyclic esters (lactones) is 1. The Kier molecular flexibility index (Phi) is 5.37. The molecule has 1 saturated heterocycles. The van der Waals surface area contributed by atoms with Gasteiger partial charge in [0.05, 0.1) is 13.1 Å². The van der Waals surface area contributed by atoms with Crippen LogP contribution >= 0.6 is 0 Å². The average Bonchev–Trinajstić information content (AvgIpc) is 3.24. The van der Waals surface area contributed by atoms with Crippen LogP contribution in [0, 0.1) is 17.8 Å². The highest BCUT2D eigenvalue weighted by molar-refractivity contribution is 5.89. The monoisotopic (exact) mass is 326 g/mol. The summed E-state index contributed by atoms with van der Waals surface area (Å²) in [6.07, 6.45) is 5.18. The molecule has 1 saturated carbocycles. The molecule has 2 fully saturated rings. The minimum Gasteiger partial charge on any atom is -0.447 e. The average molecular weight is 326 g/mol. The normalized spacial score (nSPS) is 17.3. The van der Waals surface area contributed by atoms with Gasteiger partial charge in [-0.3, -0.25) is 9.69 Å². The smallest absolute Gasteiger partial charge is 0.414 e. The maximum Gasteiger partial charge on any atom is 0.414 e. The minimum atomic E-state index is -0.307. The van der Waals surface area contributed by atoms with E-state index in [2.05, 4.69) is 17.2 Å². The number of hydrogen-bond acceptors (Lipinski definition) is 3. The molecule has 0 unspecified atom stereocenters. The predicted octanol–water partition coefficient (Wildman–Crippen LogP) is 2.69. The second-order valence-electron chi connectivity index (χ2n) is 6.25. The number of amides is 2. The van der Waals surface area contributed by atoms with Gasteiger partial charge in [-0.1, -0.05) is 24.7 Å². The van der Waals surface area contributed by atoms with Crippen LogP contribution in [-0.4, -0.2) is 31.7 Å². The first-order valence-corrected chi connectivity index (χ1v) is 8.52. The van der Waals surface area contributed by atoms with Crippen molar-refractivity contribution < 1.29 is 14.3 Å². The van der Waals surface area contributed by atoms with Crippen molar-refractivity contribution in [2.24, 2.45) is 5.92 Å². The fourth-order valence-corrected chi connectivity index (χ4v) is 3.19. The predicted molar refractivity (Wildman–Crippen MR) is 91.6 cm³/mol. The topological polar surface area (TPSA) is 58.6 Å². The Morgan fingerprint density at radius 2 is 2.00 bits per heavy atom. The number of nitrogens with one attached hydrogen (secondary N) is 1. The van der Waals surface area contributed by atoms with Gasteiger partial charge in [0.15, 0.2) is 0 Å². The van der Waals surface area contributed by atoms with E-state index < -0.39 is 0 Å². The van der Waals surface area contributed by atoms with Gasteiger partial charge in [0.25, 0.3) is 0 Å². The molecule has 0 aromatic heterocycles. The van der Waals surface area contributed by atoms with E-state index in [4.69, 9.17) is 4.74 Å². The Morgan fingerprint density at radius 1 is 1.25 bits per heavy atom. The van der Waals surface area contributed by atoms with E-state index in [9.17, 15) is 9.59 Å². The van der Waals surface area contributed by atoms with Gasteiger partial charge < -0.3 is 10.1 Å². The summed E-state index contributed by atoms with van der Waals surface area (Å²) in [4.78, 5) is 24.9. The number of hydrogen-bond donors (Lipinski definition) is 1. The Morgan fingerprint density at radius 3 is 2.67 bits per heavy atom. The van der Waals surface area contributed by atoms with Gasteiger partial charge in [0, 0.05) is 17.7 Å². The molecule has 2 aliphatic rings. The number of anilines is 1. The molecule has 5 nitrogen and oxygen atoms in total. The molecule has 0 bridgehead atoms. The van der Waals surface area contributed by atoms with Crippen LogP contribution in [0.1, 0.15) is 37.7 Å². The van der Waals surface area contributed by atoms with E-state index >= 15 is 0 Å². The molecule has 3 rings (SSSR count). The number of carbonyl (C=O) groups is 2. The second-order valence-corrected chi connectivity index (χ2v) is 6.25. The van der Waals surface area contributed by atoms with E-state index in [1.165, 1.54) is 25.7 Å². The SMILES string of the molecule is O=C(CC1CCCC1)NCC#Cc1ccc(N2CCOC2=O)cc1. The van der Waals surface area contributed by atoms with Crippen molar-refractivity contribution in [1.82, 2.24) is 5.32 Å². The van der Waals surface area contributed by atoms with Gasteiger partial charge in [-0.05, 0) is 43.0 Å². The third-order valence-corrected chi connectivity index (χ3v) is 4.50. The molecular weight excluding hydrogens is 304 g/mol. The number of benzene rings is 1. The summed E-state index contributed by atoms with van der Waals surface area (Å²) in [5.74, 6) is 6.65. The molecule has 1 aliphatic heterocycles. The van der Waals surface area contributed by atoms with Gasteiger partial charge in [-0.25, -0.2) is 4.79 Å². The molecule has 1 aliphatic carbocycles. The first kappa shape index (κ1) is 16.4. The molecule has 1 aromatic rings. The van der Waals surface area contributed by atoms with E-state index in [-0.39, 0.29) is 12.0 Å². The molecule has 1 aromatic carbocycles. The quantitative estimate of drug-likeness (QED) is 0.866. The van der Waals surface area contributed by atoms with Crippen LogP contribution in [-0.2, 0) is 9.53 Å². The zero-order valence-corrected chi connectivity index (χ0v) is 13.7. The third kappa shape index (κ3) is 4.29. The van der Waals surface area contributed by atoms with Crippen LogP contribution < -0.4 is 10.2 Å². The van der Waals surface area contributed by atoms with E-state index in [0.717, 1.165) is 11.3 Å². The Labute approximate surface area is 142 Å². The number of nitrogens with zero attached hydrogens (tertiary/aromatic N) is 1. The molecule has 24 heavy (non-hydrogen) atoms. The molecule has 1 N–H and O–H groups in total. The van der Waals surface area contributed by atoms with Gasteiger partial charge in [-0.15, -0.1) is 0 Å². The van der Waals surface area contributed by atoms with E-state index in [0.29, 0.717) is 32.0 Å². The highest BCUT2D eigenvalue weighted by atomic mass is 16.6. The van der Waals surface area contributed by atoms with Crippen LogP contribution in [0.25, 0.3) is 0 Å². The standard InChI is InChI=1S/C19H22N2O3/c22-18(14-16-4-1-2-5-16)20-11-3-6-15-7-9-17(10-8-15)21-12-13-24-19(21)23/h7-10,16H,1-2,4-5,11-14H2,(H,20,22). The Balaban J connectivity index is 1.45. The van der Waals surface area contributed by atoms with Crippen LogP contribution in [0.5, 0.6) is 0 Å². The summed E-state index contributed by atoms with van der Waals surface area (Å²) in [5.41, 5.74) is 1.67. The molecule has 126 valence electrons. The highest BCUT2D eigenvalue weighted by Gasteiger charge is 2.23. The minimum absolute atomic E-state index is 0.0964. The summed E-state index contributed by atoms with van der Waals surface area (Å²) in [7, 11) is 0. The largest absolute Gasteiger partial charge is 0.447 e. The lowest BCUT2D eigenvalue weighted by Crippen LogP contribution is -2.25. The van der Waals surface area contributed by atoms with Crippen LogP contribution in [0.15, 0.2) is 24.3 Å². The van der Waals surface area contributed by atoms with Gasteiger partial charge in [0.2, 0.25) is 5.91 Å². The lowest BCUT2D eigenvalue weighted by molar-refractivity contribution is -0.121. The third-order valence-electron chi connectivity index (χ3n) is 4.50. The van der Waals surface area contributed by atoms with E-state index in [1.807, 2.05) is 24.3 Å². The van der Waals surface area contributed by atoms with Crippen LogP contribution in [0.3, 0.4) is 0 Å².